The number of carbonyl (C=O) groups is 2. The molecular weight excluding hydrogens is 320 g/mol. The molecule has 1 rings (SSSR count). The number of ether oxygens (including phenoxy) is 1. The van der Waals surface area contributed by atoms with Crippen LogP contribution < -0.4 is 0 Å². The van der Waals surface area contributed by atoms with Crippen molar-refractivity contribution in [3.05, 3.63) is 39.4 Å². The minimum atomic E-state index is -2.17. The van der Waals surface area contributed by atoms with Gasteiger partial charge in [0.1, 0.15) is 17.4 Å². The number of nitrogens with zero attached hydrogens (tertiary/aromatic N) is 1. The van der Waals surface area contributed by atoms with E-state index in [9.17, 15) is 28.5 Å². The Balaban J connectivity index is 3.46. The zero-order valence-electron chi connectivity index (χ0n) is 11.9. The molecule has 0 spiro atoms. The second kappa shape index (κ2) is 7.47. The van der Waals surface area contributed by atoms with E-state index in [4.69, 9.17) is 10.2 Å². The van der Waals surface area contributed by atoms with Crippen molar-refractivity contribution in [2.75, 3.05) is 13.2 Å². The van der Waals surface area contributed by atoms with E-state index in [1.54, 1.807) is 0 Å². The van der Waals surface area contributed by atoms with Gasteiger partial charge in [0.05, 0.1) is 12.5 Å². The van der Waals surface area contributed by atoms with Crippen LogP contribution in [0, 0.1) is 27.7 Å². The molecular formula is C13H13F2NO7. The summed E-state index contributed by atoms with van der Waals surface area (Å²) in [5.41, 5.74) is -0.972. The predicted octanol–water partition coefficient (Wildman–Crippen LogP) is 1.29. The third-order valence-corrected chi connectivity index (χ3v) is 2.99. The Morgan fingerprint density at radius 3 is 2.26 bits per heavy atom. The summed E-state index contributed by atoms with van der Waals surface area (Å²) in [5.74, 6) is -10.9. The molecule has 1 aromatic carbocycles. The summed E-state index contributed by atoms with van der Waals surface area (Å²) < 4.78 is 32.4. The fourth-order valence-corrected chi connectivity index (χ4v) is 2.12. The van der Waals surface area contributed by atoms with Gasteiger partial charge in [-0.3, -0.25) is 19.7 Å². The van der Waals surface area contributed by atoms with Gasteiger partial charge >= 0.3 is 11.9 Å². The third-order valence-electron chi connectivity index (χ3n) is 2.99. The number of esters is 1. The molecule has 1 aromatic rings. The van der Waals surface area contributed by atoms with E-state index in [0.717, 1.165) is 0 Å². The number of carboxylic acids is 1. The van der Waals surface area contributed by atoms with Gasteiger partial charge in [-0.1, -0.05) is 0 Å². The first-order valence-electron chi connectivity index (χ1n) is 6.38. The molecule has 0 heterocycles. The van der Waals surface area contributed by atoms with Crippen molar-refractivity contribution >= 4 is 11.9 Å². The molecule has 0 aromatic heterocycles. The number of benzene rings is 1. The molecule has 10 heteroatoms. The molecule has 0 aliphatic heterocycles. The van der Waals surface area contributed by atoms with Crippen LogP contribution in [0.4, 0.5) is 8.78 Å². The van der Waals surface area contributed by atoms with Crippen molar-refractivity contribution < 1.29 is 38.2 Å². The smallest absolute Gasteiger partial charge is 0.321 e. The molecule has 0 aliphatic carbocycles. The number of halogens is 2. The van der Waals surface area contributed by atoms with Gasteiger partial charge in [0.15, 0.2) is 5.92 Å². The molecule has 0 bridgehead atoms. The monoisotopic (exact) mass is 333 g/mol. The van der Waals surface area contributed by atoms with Crippen molar-refractivity contribution in [1.29, 1.82) is 0 Å². The fourth-order valence-electron chi connectivity index (χ4n) is 2.12. The molecule has 0 saturated carbocycles. The van der Waals surface area contributed by atoms with Crippen molar-refractivity contribution in [3.8, 4) is 5.75 Å². The number of hydrogen-bond donors (Lipinski definition) is 2. The van der Waals surface area contributed by atoms with Crippen molar-refractivity contribution in [3.63, 3.8) is 0 Å². The minimum absolute atomic E-state index is 0.214. The molecule has 23 heavy (non-hydrogen) atoms. The third kappa shape index (κ3) is 4.34. The SMILES string of the molecule is CCOC(=O)C(C(=O)O)C(C[N+](=O)[O-])c1c(F)cc(O)cc1F. The Morgan fingerprint density at radius 2 is 1.87 bits per heavy atom. The Bertz CT molecular complexity index is 612. The fraction of sp³-hybridized carbons (Fsp3) is 0.385. The quantitative estimate of drug-likeness (QED) is 0.333. The molecule has 0 fully saturated rings. The molecule has 8 nitrogen and oxygen atoms in total. The molecule has 0 amide bonds. The summed E-state index contributed by atoms with van der Waals surface area (Å²) in [5, 5.41) is 29.0. The lowest BCUT2D eigenvalue weighted by Gasteiger charge is -2.20. The first-order chi connectivity index (χ1) is 10.7. The van der Waals surface area contributed by atoms with Crippen LogP contribution in [0.1, 0.15) is 18.4 Å². The van der Waals surface area contributed by atoms with Gasteiger partial charge in [-0.2, -0.15) is 0 Å². The first kappa shape index (κ1) is 18.3. The van der Waals surface area contributed by atoms with Gasteiger partial charge < -0.3 is 14.9 Å². The molecule has 0 aliphatic rings. The Kier molecular flexibility index (Phi) is 5.94. The summed E-state index contributed by atoms with van der Waals surface area (Å²) >= 11 is 0. The maximum atomic E-state index is 13.9. The number of carbonyl (C=O) groups excluding carboxylic acids is 1. The van der Waals surface area contributed by atoms with Crippen LogP contribution in [-0.2, 0) is 14.3 Å². The normalized spacial score (nSPS) is 13.2. The van der Waals surface area contributed by atoms with Gasteiger partial charge in [-0.05, 0) is 6.92 Å². The van der Waals surface area contributed by atoms with E-state index in [0.29, 0.717) is 12.1 Å². The van der Waals surface area contributed by atoms with Crippen molar-refractivity contribution in [2.45, 2.75) is 12.8 Å². The number of phenolic OH excluding ortho intramolecular Hbond substituents is 1. The Hall–Kier alpha value is -2.78. The molecule has 2 N–H and O–H groups in total. The number of hydrogen-bond acceptors (Lipinski definition) is 6. The van der Waals surface area contributed by atoms with E-state index in [2.05, 4.69) is 4.74 Å². The lowest BCUT2D eigenvalue weighted by Crippen LogP contribution is -2.36. The Labute approximate surface area is 128 Å². The highest BCUT2D eigenvalue weighted by Crippen LogP contribution is 2.33. The second-order valence-corrected chi connectivity index (χ2v) is 4.51. The van der Waals surface area contributed by atoms with Crippen molar-refractivity contribution in [1.82, 2.24) is 0 Å². The van der Waals surface area contributed by atoms with Gasteiger partial charge in [0.2, 0.25) is 6.54 Å². The van der Waals surface area contributed by atoms with Crippen molar-refractivity contribution in [2.24, 2.45) is 5.92 Å². The van der Waals surface area contributed by atoms with E-state index < -0.39 is 58.2 Å². The van der Waals surface area contributed by atoms with E-state index in [1.165, 1.54) is 6.92 Å². The zero-order chi connectivity index (χ0) is 17.7. The van der Waals surface area contributed by atoms with Gasteiger partial charge in [0.25, 0.3) is 0 Å². The van der Waals surface area contributed by atoms with E-state index >= 15 is 0 Å². The number of aliphatic carboxylic acids is 1. The van der Waals surface area contributed by atoms with Crippen LogP contribution >= 0.6 is 0 Å². The number of carboxylic acid groups (broad SMARTS) is 1. The molecule has 0 saturated heterocycles. The van der Waals surface area contributed by atoms with Crippen LogP contribution in [0.2, 0.25) is 0 Å². The van der Waals surface area contributed by atoms with Crippen LogP contribution in [0.15, 0.2) is 12.1 Å². The molecule has 0 radical (unpaired) electrons. The summed E-state index contributed by atoms with van der Waals surface area (Å²) in [4.78, 5) is 32.8. The van der Waals surface area contributed by atoms with E-state index in [-0.39, 0.29) is 6.61 Å². The maximum Gasteiger partial charge on any atom is 0.321 e. The summed E-state index contributed by atoms with van der Waals surface area (Å²) in [6.45, 7) is -0.0518. The lowest BCUT2D eigenvalue weighted by atomic mass is 9.85. The van der Waals surface area contributed by atoms with Gasteiger partial charge in [-0.25, -0.2) is 8.78 Å². The molecule has 2 atom stereocenters. The molecule has 126 valence electrons. The minimum Gasteiger partial charge on any atom is -0.508 e. The molecule has 2 unspecified atom stereocenters. The average molecular weight is 333 g/mol. The number of nitro groups is 1. The maximum absolute atomic E-state index is 13.9. The Morgan fingerprint density at radius 1 is 1.35 bits per heavy atom. The topological polar surface area (TPSA) is 127 Å². The lowest BCUT2D eigenvalue weighted by molar-refractivity contribution is -0.484. The number of rotatable bonds is 7. The number of phenols is 1. The highest BCUT2D eigenvalue weighted by molar-refractivity contribution is 5.95. The van der Waals surface area contributed by atoms with Crippen LogP contribution in [0.25, 0.3) is 0 Å². The van der Waals surface area contributed by atoms with Crippen LogP contribution in [-0.4, -0.2) is 40.2 Å². The number of aromatic hydroxyl groups is 1. The van der Waals surface area contributed by atoms with Gasteiger partial charge in [0, 0.05) is 22.6 Å². The predicted molar refractivity (Wildman–Crippen MR) is 70.4 cm³/mol. The van der Waals surface area contributed by atoms with Gasteiger partial charge in [-0.15, -0.1) is 0 Å². The van der Waals surface area contributed by atoms with Crippen LogP contribution in [0.5, 0.6) is 5.75 Å². The average Bonchev–Trinajstić information content (AvgIpc) is 2.36. The summed E-state index contributed by atoms with van der Waals surface area (Å²) in [6, 6.07) is 0.935. The standard InChI is InChI=1S/C13H13F2NO7/c1-2-23-13(20)11(12(18)19)7(5-16(21)22)10-8(14)3-6(17)4-9(10)15/h3-4,7,11,17H,2,5H2,1H3,(H,18,19). The highest BCUT2D eigenvalue weighted by atomic mass is 19.1. The summed E-state index contributed by atoms with van der Waals surface area (Å²) in [6.07, 6.45) is 0. The van der Waals surface area contributed by atoms with Crippen LogP contribution in [0.3, 0.4) is 0 Å². The second-order valence-electron chi connectivity index (χ2n) is 4.51. The first-order valence-corrected chi connectivity index (χ1v) is 6.38. The zero-order valence-corrected chi connectivity index (χ0v) is 11.9. The van der Waals surface area contributed by atoms with E-state index in [1.807, 2.05) is 0 Å². The largest absolute Gasteiger partial charge is 0.508 e. The summed E-state index contributed by atoms with van der Waals surface area (Å²) in [7, 11) is 0. The highest BCUT2D eigenvalue weighted by Gasteiger charge is 2.43.